The maximum absolute atomic E-state index is 13.2. The van der Waals surface area contributed by atoms with Crippen molar-refractivity contribution in [1.82, 2.24) is 10.2 Å². The molecule has 0 saturated heterocycles. The van der Waals surface area contributed by atoms with E-state index in [0.29, 0.717) is 27.8 Å². The minimum atomic E-state index is -1.17. The minimum Gasteiger partial charge on any atom is -0.496 e. The first-order valence-electron chi connectivity index (χ1n) is 7.49. The van der Waals surface area contributed by atoms with E-state index in [2.05, 4.69) is 10.2 Å². The molecule has 4 aromatic rings. The molecule has 0 aliphatic carbocycles. The summed E-state index contributed by atoms with van der Waals surface area (Å²) in [7, 11) is 1.45. The number of aromatic carboxylic acids is 1. The van der Waals surface area contributed by atoms with Crippen molar-refractivity contribution in [1.29, 1.82) is 0 Å². The zero-order valence-electron chi connectivity index (χ0n) is 13.4. The molecular formula is C18H11FN2O5. The molecule has 0 radical (unpaired) electrons. The number of benzene rings is 2. The van der Waals surface area contributed by atoms with Crippen molar-refractivity contribution in [2.75, 3.05) is 7.11 Å². The van der Waals surface area contributed by atoms with Gasteiger partial charge in [-0.05, 0) is 36.4 Å². The number of halogens is 1. The number of nitrogens with zero attached hydrogens (tertiary/aromatic N) is 2. The van der Waals surface area contributed by atoms with E-state index in [-0.39, 0.29) is 17.2 Å². The Balaban J connectivity index is 2.01. The maximum Gasteiger partial charge on any atom is 0.340 e. The Morgan fingerprint density at radius 3 is 2.62 bits per heavy atom. The highest BCUT2D eigenvalue weighted by Crippen LogP contribution is 2.39. The van der Waals surface area contributed by atoms with E-state index in [4.69, 9.17) is 13.6 Å². The van der Waals surface area contributed by atoms with Crippen LogP contribution in [0, 0.1) is 5.82 Å². The molecule has 7 nitrogen and oxygen atoms in total. The van der Waals surface area contributed by atoms with E-state index in [1.807, 2.05) is 0 Å². The highest BCUT2D eigenvalue weighted by atomic mass is 19.1. The summed E-state index contributed by atoms with van der Waals surface area (Å²) in [5.74, 6) is -0.911. The Labute approximate surface area is 145 Å². The second-order valence-corrected chi connectivity index (χ2v) is 5.41. The normalized spacial score (nSPS) is 11.0. The minimum absolute atomic E-state index is 0.0398. The summed E-state index contributed by atoms with van der Waals surface area (Å²) in [6, 6.07) is 8.48. The summed E-state index contributed by atoms with van der Waals surface area (Å²) >= 11 is 0. The molecule has 2 aromatic heterocycles. The first-order chi connectivity index (χ1) is 12.6. The summed E-state index contributed by atoms with van der Waals surface area (Å²) in [6.45, 7) is 0. The van der Waals surface area contributed by atoms with E-state index in [1.54, 1.807) is 6.07 Å². The Kier molecular flexibility index (Phi) is 3.65. The molecule has 0 amide bonds. The molecule has 0 spiro atoms. The highest BCUT2D eigenvalue weighted by Gasteiger charge is 2.24. The Morgan fingerprint density at radius 2 is 2.00 bits per heavy atom. The Morgan fingerprint density at radius 1 is 1.23 bits per heavy atom. The number of aromatic nitrogens is 2. The molecule has 2 heterocycles. The smallest absolute Gasteiger partial charge is 0.340 e. The van der Waals surface area contributed by atoms with E-state index in [1.165, 1.54) is 43.8 Å². The van der Waals surface area contributed by atoms with Gasteiger partial charge in [-0.25, -0.2) is 9.18 Å². The van der Waals surface area contributed by atoms with Crippen molar-refractivity contribution in [3.63, 3.8) is 0 Å². The van der Waals surface area contributed by atoms with Crippen molar-refractivity contribution in [3.8, 4) is 28.5 Å². The number of fused-ring (bicyclic) bond motifs is 1. The third-order valence-corrected chi connectivity index (χ3v) is 3.92. The number of carboxylic acids is 1. The SMILES string of the molecule is COc1cc2c(C(=O)O)c(-c3ccc(F)cc3)oc2cc1-c1nnco1. The molecule has 2 aromatic carbocycles. The lowest BCUT2D eigenvalue weighted by Crippen LogP contribution is -1.97. The second-order valence-electron chi connectivity index (χ2n) is 5.41. The van der Waals surface area contributed by atoms with Gasteiger partial charge in [-0.15, -0.1) is 10.2 Å². The average Bonchev–Trinajstić information content (AvgIpc) is 3.28. The summed E-state index contributed by atoms with van der Waals surface area (Å²) in [5.41, 5.74) is 1.17. The van der Waals surface area contributed by atoms with E-state index in [9.17, 15) is 14.3 Å². The van der Waals surface area contributed by atoms with Gasteiger partial charge in [0.15, 0.2) is 0 Å². The molecule has 0 aliphatic rings. The van der Waals surface area contributed by atoms with E-state index >= 15 is 0 Å². The van der Waals surface area contributed by atoms with Crippen LogP contribution in [0.2, 0.25) is 0 Å². The lowest BCUT2D eigenvalue weighted by Gasteiger charge is -2.05. The molecule has 0 saturated carbocycles. The van der Waals surface area contributed by atoms with Crippen molar-refractivity contribution in [2.24, 2.45) is 0 Å². The van der Waals surface area contributed by atoms with E-state index in [0.717, 1.165) is 0 Å². The fourth-order valence-corrected chi connectivity index (χ4v) is 2.77. The van der Waals surface area contributed by atoms with Crippen LogP contribution >= 0.6 is 0 Å². The lowest BCUT2D eigenvalue weighted by molar-refractivity contribution is 0.0699. The number of hydrogen-bond donors (Lipinski definition) is 1. The Bertz CT molecular complexity index is 1100. The van der Waals surface area contributed by atoms with Crippen LogP contribution in [0.5, 0.6) is 5.75 Å². The Hall–Kier alpha value is -3.68. The second kappa shape index (κ2) is 5.99. The van der Waals surface area contributed by atoms with E-state index < -0.39 is 11.8 Å². The molecule has 26 heavy (non-hydrogen) atoms. The maximum atomic E-state index is 13.2. The fraction of sp³-hybridized carbons (Fsp3) is 0.0556. The quantitative estimate of drug-likeness (QED) is 0.591. The van der Waals surface area contributed by atoms with Gasteiger partial charge in [0.1, 0.15) is 28.5 Å². The van der Waals surface area contributed by atoms with Gasteiger partial charge in [-0.2, -0.15) is 0 Å². The van der Waals surface area contributed by atoms with Crippen LogP contribution < -0.4 is 4.74 Å². The molecular weight excluding hydrogens is 343 g/mol. The topological polar surface area (TPSA) is 98.6 Å². The average molecular weight is 354 g/mol. The van der Waals surface area contributed by atoms with Crippen molar-refractivity contribution in [3.05, 3.63) is 54.2 Å². The van der Waals surface area contributed by atoms with Crippen molar-refractivity contribution < 1.29 is 27.9 Å². The largest absolute Gasteiger partial charge is 0.496 e. The van der Waals surface area contributed by atoms with Crippen LogP contribution in [0.1, 0.15) is 10.4 Å². The van der Waals surface area contributed by atoms with Gasteiger partial charge in [-0.3, -0.25) is 0 Å². The zero-order chi connectivity index (χ0) is 18.3. The number of carboxylic acid groups (broad SMARTS) is 1. The standard InChI is InChI=1S/C18H11FN2O5/c1-24-13-6-11-14(7-12(13)17-21-20-8-25-17)26-16(15(11)18(22)23)9-2-4-10(19)5-3-9/h2-8H,1H3,(H,22,23). The third-order valence-electron chi connectivity index (χ3n) is 3.92. The fourth-order valence-electron chi connectivity index (χ4n) is 2.77. The molecule has 0 atom stereocenters. The van der Waals surface area contributed by atoms with Crippen molar-refractivity contribution in [2.45, 2.75) is 0 Å². The van der Waals surface area contributed by atoms with Crippen LogP contribution in [0.15, 0.2) is 51.6 Å². The van der Waals surface area contributed by atoms with Gasteiger partial charge in [0.05, 0.1) is 12.7 Å². The molecule has 0 fully saturated rings. The number of methoxy groups -OCH3 is 1. The molecule has 0 aliphatic heterocycles. The molecule has 0 bridgehead atoms. The predicted octanol–water partition coefficient (Wildman–Crippen LogP) is 4.00. The van der Waals surface area contributed by atoms with Gasteiger partial charge < -0.3 is 18.7 Å². The number of ether oxygens (including phenoxy) is 1. The number of furan rings is 1. The van der Waals surface area contributed by atoms with Crippen LogP contribution in [-0.2, 0) is 0 Å². The summed E-state index contributed by atoms with van der Waals surface area (Å²) in [5, 5.41) is 17.5. The van der Waals surface area contributed by atoms with Gasteiger partial charge in [-0.1, -0.05) is 0 Å². The highest BCUT2D eigenvalue weighted by molar-refractivity contribution is 6.09. The molecule has 8 heteroatoms. The summed E-state index contributed by atoms with van der Waals surface area (Å²) in [4.78, 5) is 11.8. The van der Waals surface area contributed by atoms with Crippen LogP contribution in [0.3, 0.4) is 0 Å². The third kappa shape index (κ3) is 2.48. The first-order valence-corrected chi connectivity index (χ1v) is 7.49. The summed E-state index contributed by atoms with van der Waals surface area (Å²) < 4.78 is 29.5. The van der Waals surface area contributed by atoms with Crippen LogP contribution in [-0.4, -0.2) is 28.4 Å². The number of rotatable bonds is 4. The number of hydrogen-bond acceptors (Lipinski definition) is 6. The van der Waals surface area contributed by atoms with Gasteiger partial charge in [0.2, 0.25) is 6.39 Å². The lowest BCUT2D eigenvalue weighted by atomic mass is 10.0. The predicted molar refractivity (Wildman–Crippen MR) is 88.4 cm³/mol. The van der Waals surface area contributed by atoms with Gasteiger partial charge in [0, 0.05) is 10.9 Å². The van der Waals surface area contributed by atoms with Crippen molar-refractivity contribution >= 4 is 16.9 Å². The first kappa shape index (κ1) is 15.8. The molecule has 1 N–H and O–H groups in total. The number of carbonyl (C=O) groups is 1. The van der Waals surface area contributed by atoms with Crippen LogP contribution in [0.25, 0.3) is 33.7 Å². The molecule has 0 unspecified atom stereocenters. The zero-order valence-corrected chi connectivity index (χ0v) is 13.4. The van der Waals surface area contributed by atoms with Gasteiger partial charge in [0.25, 0.3) is 5.89 Å². The van der Waals surface area contributed by atoms with Crippen LogP contribution in [0.4, 0.5) is 4.39 Å². The summed E-state index contributed by atoms with van der Waals surface area (Å²) in [6.07, 6.45) is 1.17. The monoisotopic (exact) mass is 354 g/mol. The molecule has 4 rings (SSSR count). The van der Waals surface area contributed by atoms with Gasteiger partial charge >= 0.3 is 5.97 Å². The molecule has 130 valence electrons.